The Bertz CT molecular complexity index is 1830. The van der Waals surface area contributed by atoms with Crippen molar-refractivity contribution in [3.05, 3.63) is 112 Å². The summed E-state index contributed by atoms with van der Waals surface area (Å²) >= 11 is 0. The van der Waals surface area contributed by atoms with Crippen LogP contribution in [0.1, 0.15) is 52.6 Å². The van der Waals surface area contributed by atoms with Gasteiger partial charge in [-0.05, 0) is 79.7 Å². The zero-order valence-corrected chi connectivity index (χ0v) is 22.0. The molecule has 0 aromatic heterocycles. The molecule has 42 heavy (non-hydrogen) atoms. The van der Waals surface area contributed by atoms with Crippen molar-refractivity contribution in [2.24, 2.45) is 0 Å². The first-order valence-electron chi connectivity index (χ1n) is 12.6. The van der Waals surface area contributed by atoms with E-state index in [0.29, 0.717) is 5.56 Å². The first kappa shape index (κ1) is 26.8. The number of alkyl halides is 3. The maximum atomic E-state index is 13.5. The van der Waals surface area contributed by atoms with E-state index in [-0.39, 0.29) is 50.9 Å². The number of carbonyl (C=O) groups excluding carboxylic acids is 4. The maximum absolute atomic E-state index is 13.5. The summed E-state index contributed by atoms with van der Waals surface area (Å²) in [5, 5.41) is 0. The molecular formula is C31H19F3N2O6. The van der Waals surface area contributed by atoms with Crippen molar-refractivity contribution in [3.63, 3.8) is 0 Å². The van der Waals surface area contributed by atoms with Crippen molar-refractivity contribution < 1.29 is 41.8 Å². The van der Waals surface area contributed by atoms with Gasteiger partial charge < -0.3 is 9.47 Å². The Hall–Kier alpha value is -5.45. The van der Waals surface area contributed by atoms with Gasteiger partial charge in [0.05, 0.1) is 33.5 Å². The lowest BCUT2D eigenvalue weighted by atomic mass is 10.1. The number of hydrogen-bond acceptors (Lipinski definition) is 6. The molecule has 0 unspecified atom stereocenters. The van der Waals surface area contributed by atoms with Crippen LogP contribution in [0, 0.1) is 6.92 Å². The second kappa shape index (κ2) is 9.58. The van der Waals surface area contributed by atoms with Gasteiger partial charge in [-0.15, -0.1) is 0 Å². The fourth-order valence-corrected chi connectivity index (χ4v) is 4.80. The van der Waals surface area contributed by atoms with Gasteiger partial charge in [0, 0.05) is 7.05 Å². The number of anilines is 1. The molecule has 0 fully saturated rings. The minimum Gasteiger partial charge on any atom is -0.457 e. The lowest BCUT2D eigenvalue weighted by molar-refractivity contribution is -0.138. The fourth-order valence-electron chi connectivity index (χ4n) is 4.80. The maximum Gasteiger partial charge on any atom is 0.419 e. The van der Waals surface area contributed by atoms with Crippen LogP contribution < -0.4 is 14.4 Å². The first-order valence-corrected chi connectivity index (χ1v) is 12.6. The van der Waals surface area contributed by atoms with Crippen LogP contribution in [-0.2, 0) is 6.18 Å². The quantitative estimate of drug-likeness (QED) is 0.250. The highest BCUT2D eigenvalue weighted by atomic mass is 19.4. The average molecular weight is 572 g/mol. The van der Waals surface area contributed by atoms with E-state index in [1.54, 1.807) is 6.92 Å². The van der Waals surface area contributed by atoms with Crippen LogP contribution in [0.25, 0.3) is 0 Å². The summed E-state index contributed by atoms with van der Waals surface area (Å²) in [4.78, 5) is 52.7. The van der Waals surface area contributed by atoms with Crippen LogP contribution in [0.4, 0.5) is 18.9 Å². The molecule has 2 heterocycles. The summed E-state index contributed by atoms with van der Waals surface area (Å²) < 4.78 is 51.7. The molecule has 0 bridgehead atoms. The molecule has 0 radical (unpaired) electrons. The number of benzene rings is 4. The standard InChI is InChI=1S/C31H19F3N2O6/c1-16-3-12-26(25(13-16)31(32,33)34)42-18-6-4-17(5-7-18)36-29(39)22-11-9-20(15-24(22)30(36)40)41-19-8-10-21-23(14-19)28(38)35(2)27(21)37/h3-15H,1-2H3. The average Bonchev–Trinajstić information content (AvgIpc) is 3.33. The molecular weight excluding hydrogens is 553 g/mol. The molecule has 11 heteroatoms. The van der Waals surface area contributed by atoms with E-state index in [9.17, 15) is 32.3 Å². The number of ether oxygens (including phenoxy) is 2. The molecule has 4 aromatic rings. The lowest BCUT2D eigenvalue weighted by Gasteiger charge is -2.16. The molecule has 0 N–H and O–H groups in total. The highest BCUT2D eigenvalue weighted by molar-refractivity contribution is 6.34. The van der Waals surface area contributed by atoms with E-state index < -0.39 is 35.4 Å². The van der Waals surface area contributed by atoms with Crippen LogP contribution in [0.5, 0.6) is 23.0 Å². The van der Waals surface area contributed by atoms with Gasteiger partial charge in [0.1, 0.15) is 23.0 Å². The summed E-state index contributed by atoms with van der Waals surface area (Å²) in [7, 11) is 1.38. The fraction of sp³-hybridized carbons (Fsp3) is 0.0968. The van der Waals surface area contributed by atoms with Gasteiger partial charge in [-0.1, -0.05) is 11.6 Å². The number of fused-ring (bicyclic) bond motifs is 2. The molecule has 4 amide bonds. The highest BCUT2D eigenvalue weighted by Crippen LogP contribution is 2.39. The van der Waals surface area contributed by atoms with Crippen LogP contribution in [0.3, 0.4) is 0 Å². The second-order valence-electron chi connectivity index (χ2n) is 9.73. The first-order chi connectivity index (χ1) is 19.9. The molecule has 2 aliphatic rings. The Balaban J connectivity index is 1.21. The normalized spacial score (nSPS) is 14.4. The summed E-state index contributed by atoms with van der Waals surface area (Å²) in [6, 6.07) is 18.0. The Morgan fingerprint density at radius 1 is 0.595 bits per heavy atom. The number of aryl methyl sites for hydroxylation is 1. The number of rotatable bonds is 5. The monoisotopic (exact) mass is 572 g/mol. The zero-order chi connectivity index (χ0) is 29.9. The Kier molecular flexibility index (Phi) is 6.10. The van der Waals surface area contributed by atoms with Crippen LogP contribution in [0.2, 0.25) is 0 Å². The molecule has 6 rings (SSSR count). The third kappa shape index (κ3) is 4.44. The van der Waals surface area contributed by atoms with E-state index in [2.05, 4.69) is 0 Å². The van der Waals surface area contributed by atoms with Crippen LogP contribution >= 0.6 is 0 Å². The predicted molar refractivity (Wildman–Crippen MR) is 143 cm³/mol. The molecule has 0 aliphatic carbocycles. The zero-order valence-electron chi connectivity index (χ0n) is 22.0. The van der Waals surface area contributed by atoms with Crippen LogP contribution in [-0.4, -0.2) is 35.6 Å². The largest absolute Gasteiger partial charge is 0.457 e. The van der Waals surface area contributed by atoms with E-state index in [1.807, 2.05) is 0 Å². The van der Waals surface area contributed by atoms with Crippen molar-refractivity contribution in [1.29, 1.82) is 0 Å². The summed E-state index contributed by atoms with van der Waals surface area (Å²) in [6.07, 6.45) is -4.61. The van der Waals surface area contributed by atoms with Crippen molar-refractivity contribution >= 4 is 29.3 Å². The Morgan fingerprint density at radius 3 is 1.74 bits per heavy atom. The molecule has 0 saturated carbocycles. The van der Waals surface area contributed by atoms with E-state index in [1.165, 1.54) is 79.8 Å². The van der Waals surface area contributed by atoms with Gasteiger partial charge in [-0.25, -0.2) is 4.90 Å². The number of halogens is 3. The smallest absolute Gasteiger partial charge is 0.419 e. The van der Waals surface area contributed by atoms with E-state index in [0.717, 1.165) is 15.9 Å². The van der Waals surface area contributed by atoms with E-state index in [4.69, 9.17) is 9.47 Å². The summed E-state index contributed by atoms with van der Waals surface area (Å²) in [6.45, 7) is 1.54. The minimum atomic E-state index is -4.61. The number of carbonyl (C=O) groups is 4. The number of amides is 4. The molecule has 0 saturated heterocycles. The minimum absolute atomic E-state index is 0.0828. The van der Waals surface area contributed by atoms with Crippen molar-refractivity contribution in [2.45, 2.75) is 13.1 Å². The topological polar surface area (TPSA) is 93.2 Å². The summed E-state index contributed by atoms with van der Waals surface area (Å²) in [5.74, 6) is -1.88. The molecule has 4 aromatic carbocycles. The molecule has 2 aliphatic heterocycles. The van der Waals surface area contributed by atoms with Crippen molar-refractivity contribution in [1.82, 2.24) is 4.90 Å². The lowest BCUT2D eigenvalue weighted by Crippen LogP contribution is -2.29. The second-order valence-corrected chi connectivity index (χ2v) is 9.73. The third-order valence-corrected chi connectivity index (χ3v) is 6.92. The van der Waals surface area contributed by atoms with Gasteiger partial charge in [-0.2, -0.15) is 13.2 Å². The van der Waals surface area contributed by atoms with Gasteiger partial charge in [0.2, 0.25) is 0 Å². The SMILES string of the molecule is Cc1ccc(Oc2ccc(N3C(=O)c4ccc(Oc5ccc6c(c5)C(=O)N(C)C6=O)cc4C3=O)cc2)c(C(F)(F)F)c1. The Morgan fingerprint density at radius 2 is 1.12 bits per heavy atom. The molecule has 8 nitrogen and oxygen atoms in total. The molecule has 0 spiro atoms. The van der Waals surface area contributed by atoms with Gasteiger partial charge >= 0.3 is 6.18 Å². The number of hydrogen-bond donors (Lipinski definition) is 0. The number of nitrogens with zero attached hydrogens (tertiary/aromatic N) is 2. The van der Waals surface area contributed by atoms with Crippen molar-refractivity contribution in [3.8, 4) is 23.0 Å². The van der Waals surface area contributed by atoms with Crippen LogP contribution in [0.15, 0.2) is 78.9 Å². The molecule has 210 valence electrons. The Labute approximate surface area is 236 Å². The van der Waals surface area contributed by atoms with Gasteiger partial charge in [-0.3, -0.25) is 24.1 Å². The molecule has 0 atom stereocenters. The highest BCUT2D eigenvalue weighted by Gasteiger charge is 2.38. The third-order valence-electron chi connectivity index (χ3n) is 6.92. The van der Waals surface area contributed by atoms with E-state index >= 15 is 0 Å². The van der Waals surface area contributed by atoms with Crippen molar-refractivity contribution in [2.75, 3.05) is 11.9 Å². The van der Waals surface area contributed by atoms with Gasteiger partial charge in [0.25, 0.3) is 23.6 Å². The number of imide groups is 2. The van der Waals surface area contributed by atoms with Gasteiger partial charge in [0.15, 0.2) is 0 Å². The summed E-state index contributed by atoms with van der Waals surface area (Å²) in [5.41, 5.74) is 0.382. The predicted octanol–water partition coefficient (Wildman–Crippen LogP) is 6.62.